The minimum Gasteiger partial charge on any atom is -0.376 e. The van der Waals surface area contributed by atoms with E-state index in [0.29, 0.717) is 91.7 Å². The topological polar surface area (TPSA) is 524 Å². The number of nitrogens with one attached hydrogen (secondary N) is 4. The van der Waals surface area contributed by atoms with Gasteiger partial charge in [0.25, 0.3) is 29.5 Å². The van der Waals surface area contributed by atoms with Crippen molar-refractivity contribution in [2.45, 2.75) is 193 Å². The summed E-state index contributed by atoms with van der Waals surface area (Å²) in [5.41, 5.74) is 15.7. The molecule has 0 radical (unpaired) electrons. The Balaban J connectivity index is 0.000000193. The van der Waals surface area contributed by atoms with Gasteiger partial charge in [-0.25, -0.2) is 73.0 Å². The van der Waals surface area contributed by atoms with Crippen LogP contribution in [0.5, 0.6) is 0 Å². The molecule has 150 heavy (non-hydrogen) atoms. The smallest absolute Gasteiger partial charge is 0.364 e. The highest BCUT2D eigenvalue weighted by molar-refractivity contribution is 7.51. The second-order valence-electron chi connectivity index (χ2n) is 35.8. The molecule has 4 N–H and O–H groups in total. The summed E-state index contributed by atoms with van der Waals surface area (Å²) in [5.74, 6) is -1.64. The molecule has 6 aromatic carbocycles. The Hall–Kier alpha value is -14.9. The molecule has 46 nitrogen and oxygen atoms in total. The number of hydrogen-bond acceptors (Lipinski definition) is 32. The Morgan fingerprint density at radius 1 is 0.400 bits per heavy atom. The molecule has 4 fully saturated rings. The molecule has 0 saturated carbocycles. The van der Waals surface area contributed by atoms with E-state index in [-0.39, 0.29) is 136 Å². The van der Waals surface area contributed by atoms with E-state index in [2.05, 4.69) is 106 Å². The van der Waals surface area contributed by atoms with Gasteiger partial charge in [0.2, 0.25) is 19.0 Å². The molecule has 12 heterocycles. The number of rotatable bonds is 40. The third kappa shape index (κ3) is 27.6. The van der Waals surface area contributed by atoms with Gasteiger partial charge in [0.1, 0.15) is 94.0 Å². The molecular weight excluding hydrogens is 1970 g/mol. The Bertz CT molecular complexity index is 7200. The van der Waals surface area contributed by atoms with Crippen molar-refractivity contribution >= 4 is 120 Å². The second kappa shape index (κ2) is 51.4. The summed E-state index contributed by atoms with van der Waals surface area (Å²) >= 11 is 0. The van der Waals surface area contributed by atoms with Crippen LogP contribution in [-0.4, -0.2) is 239 Å². The number of anilines is 4. The molecule has 4 aliphatic heterocycles. The lowest BCUT2D eigenvalue weighted by Crippen LogP contribution is -2.33. The highest BCUT2D eigenvalue weighted by Crippen LogP contribution is 2.58. The van der Waals surface area contributed by atoms with Gasteiger partial charge >= 0.3 is 16.3 Å². The lowest BCUT2D eigenvalue weighted by atomic mass is 10.1. The molecule has 4 saturated heterocycles. The Labute approximate surface area is 862 Å². The molecular formula is C102H110N26O20P2. The van der Waals surface area contributed by atoms with Crippen molar-refractivity contribution in [3.63, 3.8) is 0 Å². The third-order valence-corrected chi connectivity index (χ3v) is 26.7. The summed E-state index contributed by atoms with van der Waals surface area (Å²) in [7, 11) is -6.24. The first-order valence-electron chi connectivity index (χ1n) is 48.3. The zero-order valence-corrected chi connectivity index (χ0v) is 85.2. The SMILES string of the molecule is Cc1ccc(C(=O)N=[N+]=[N-])cc1.[C-]#[N+]CCOP(=NC(=O)c1ccc(C)cc1)(OC[C@H]1O[C@@H](n2cnc3c(NC(=O)c4ccccc4)ncnc32)C[C@H]1OC(C)C)O[C@@H]1C[C@H](n2cnc3c(NC(=O)c4ccccc4)ncnc32)O[C@@H]1COC(C)C.[C-]#[N+]CCOP(OC[C@H]1O[C@@H](n2cnc3c(NC(=O)c4ccccc4)ncnc32)C[C@H]1OC(C)C)O[C@@H]1C[C@H](n2cnc3c(NC(=O)c4ccccc4)ncnc32)O[C@@H]1COC(C)C. The molecule has 14 aromatic rings. The first kappa shape index (κ1) is 108. The van der Waals surface area contributed by atoms with E-state index in [1.165, 1.54) is 25.3 Å². The normalized spacial score (nSPS) is 19.9. The molecule has 0 aliphatic carbocycles. The van der Waals surface area contributed by atoms with E-state index in [1.807, 2.05) is 93.5 Å². The van der Waals surface area contributed by atoms with Crippen LogP contribution in [0.15, 0.2) is 230 Å². The summed E-state index contributed by atoms with van der Waals surface area (Å²) in [6.07, 6.45) is 4.60. The van der Waals surface area contributed by atoms with E-state index in [9.17, 15) is 28.8 Å². The lowest BCUT2D eigenvalue weighted by Gasteiger charge is -2.29. The van der Waals surface area contributed by atoms with Crippen LogP contribution < -0.4 is 21.3 Å². The fourth-order valence-corrected chi connectivity index (χ4v) is 19.5. The number of fused-ring (bicyclic) bond motifs is 4. The maximum atomic E-state index is 14.3. The average Bonchev–Trinajstić information content (AvgIpc) is 1.65. The zero-order valence-electron chi connectivity index (χ0n) is 83.4. The first-order chi connectivity index (χ1) is 72.7. The highest BCUT2D eigenvalue weighted by atomic mass is 31.2. The van der Waals surface area contributed by atoms with Gasteiger partial charge < -0.3 is 82.4 Å². The van der Waals surface area contributed by atoms with Gasteiger partial charge in [-0.05, 0) is 141 Å². The van der Waals surface area contributed by atoms with Gasteiger partial charge in [0.05, 0.1) is 94.5 Å². The molecule has 0 spiro atoms. The quantitative estimate of drug-likeness (QED) is 0.00692. The van der Waals surface area contributed by atoms with E-state index in [1.54, 1.807) is 189 Å². The Morgan fingerprint density at radius 2 is 0.733 bits per heavy atom. The van der Waals surface area contributed by atoms with Crippen molar-refractivity contribution in [2.75, 3.05) is 74.0 Å². The number of carbonyl (C=O) groups is 6. The highest BCUT2D eigenvalue weighted by Gasteiger charge is 2.48. The number of benzene rings is 6. The number of amides is 6. The van der Waals surface area contributed by atoms with Crippen LogP contribution in [0.4, 0.5) is 23.3 Å². The van der Waals surface area contributed by atoms with Crippen LogP contribution in [0.3, 0.4) is 0 Å². The number of ether oxygens (including phenoxy) is 8. The predicted octanol–water partition coefficient (Wildman–Crippen LogP) is 17.4. The van der Waals surface area contributed by atoms with Crippen molar-refractivity contribution in [1.29, 1.82) is 0 Å². The maximum absolute atomic E-state index is 14.3. The van der Waals surface area contributed by atoms with Gasteiger partial charge in [0, 0.05) is 64.0 Å². The van der Waals surface area contributed by atoms with Crippen LogP contribution >= 0.6 is 16.3 Å². The number of aryl methyl sites for hydroxylation is 2. The Kier molecular flexibility index (Phi) is 36.9. The zero-order chi connectivity index (χ0) is 105. The molecule has 48 heteroatoms. The van der Waals surface area contributed by atoms with Crippen molar-refractivity contribution in [3.8, 4) is 0 Å². The van der Waals surface area contributed by atoms with Crippen molar-refractivity contribution in [3.05, 3.63) is 298 Å². The second-order valence-corrected chi connectivity index (χ2v) is 38.8. The predicted molar refractivity (Wildman–Crippen MR) is 548 cm³/mol. The fraction of sp³-hybridized carbons (Fsp3) is 0.373. The van der Waals surface area contributed by atoms with E-state index >= 15 is 0 Å². The van der Waals surface area contributed by atoms with Crippen LogP contribution in [0.1, 0.15) is 179 Å². The summed E-state index contributed by atoms with van der Waals surface area (Å²) < 4.78 is 102. The molecule has 2 unspecified atom stereocenters. The van der Waals surface area contributed by atoms with Gasteiger partial charge in [-0.3, -0.25) is 60.6 Å². The lowest BCUT2D eigenvalue weighted by molar-refractivity contribution is -0.0808. The number of azide groups is 1. The molecule has 4 aliphatic rings. The summed E-state index contributed by atoms with van der Waals surface area (Å²) in [5, 5.41) is 14.3. The van der Waals surface area contributed by atoms with Crippen molar-refractivity contribution in [1.82, 2.24) is 78.1 Å². The van der Waals surface area contributed by atoms with Crippen LogP contribution in [0.25, 0.3) is 64.8 Å². The van der Waals surface area contributed by atoms with Crippen LogP contribution in [0, 0.1) is 27.0 Å². The molecule has 14 atom stereocenters. The minimum absolute atomic E-state index is 0.0301. The van der Waals surface area contributed by atoms with Crippen molar-refractivity contribution in [2.24, 2.45) is 9.86 Å². The first-order valence-corrected chi connectivity index (χ1v) is 50.9. The molecule has 6 amide bonds. The third-order valence-electron chi connectivity index (χ3n) is 23.6. The maximum Gasteiger partial charge on any atom is 0.364 e. The summed E-state index contributed by atoms with van der Waals surface area (Å²) in [6.45, 7) is 34.1. The number of hydrogen-bond donors (Lipinski definition) is 4. The monoisotopic (exact) mass is 2080 g/mol. The summed E-state index contributed by atoms with van der Waals surface area (Å²) in [4.78, 5) is 140. The van der Waals surface area contributed by atoms with E-state index < -0.39 is 102 Å². The van der Waals surface area contributed by atoms with Crippen molar-refractivity contribution < 1.29 is 93.8 Å². The molecule has 8 aromatic heterocycles. The van der Waals surface area contributed by atoms with Gasteiger partial charge in [-0.15, -0.1) is 0 Å². The number of nitrogens with zero attached hydrogens (tertiary/aromatic N) is 22. The number of carbonyl (C=O) groups excluding carboxylic acids is 6. The summed E-state index contributed by atoms with van der Waals surface area (Å²) in [6, 6.07) is 48.9. The van der Waals surface area contributed by atoms with Crippen LogP contribution in [0.2, 0.25) is 0 Å². The molecule has 778 valence electrons. The van der Waals surface area contributed by atoms with E-state index in [4.69, 9.17) is 83.7 Å². The molecule has 0 bridgehead atoms. The molecule has 18 rings (SSSR count). The van der Waals surface area contributed by atoms with Gasteiger partial charge in [0.15, 0.2) is 67.9 Å². The number of imidazole rings is 4. The minimum atomic E-state index is -4.19. The average molecular weight is 2080 g/mol. The van der Waals surface area contributed by atoms with Gasteiger partial charge in [-0.2, -0.15) is 4.74 Å². The number of aromatic nitrogens is 16. The standard InChI is InChI=1S/C51H55N12O10P.C43H48N11O9P.C8H7N3O/c1-31(2)67-25-39-38(24-42(71-39)63-30-58-44-46(54-28-56-48(44)63)60-50(65)35-15-11-8-12-16-35)73-74(68-22-21-52-6,61-51(66)36-19-17-33(5)18-20-36)69-26-40-37(70-32(3)4)23-41(72-40)62-29-57-43-45(53-27-55-47(43)62)59-49(64)34-13-9-7-10-14-34;1-26(2)57-20-32-31(19-35(61-32)54-25-50-37-39(46-23-48-41(37)54)52-43(56)29-14-10-7-11-15-29)63-64(58-17-16-44-5)59-21-33-30(60-27(3)4)18-34(62-33)53-24-49-36-38(45-22-47-40(36)53)51-42(55)28-12-8-6-9-13-28;1-6-2-4-7(5-3-6)8(12)10-11-9/h7-20,27-32,37-42H,21-26H2,1-5H3,(H,53,55,59,64)(H,54,56,60,65);6-15,22-27,30-35H,16-21H2,1-4H3,(H,45,47,51,55)(H,46,48,52,56);2-5H,1H3/t37-,38-,39-,40-,41-,42-,74?;30-,31-,32-,33-,34-,35-,64?;/m11./s1. The Morgan fingerprint density at radius 3 is 1.09 bits per heavy atom. The van der Waals surface area contributed by atoms with Crippen LogP contribution in [-0.2, 0) is 65.0 Å². The largest absolute Gasteiger partial charge is 0.376 e. The van der Waals surface area contributed by atoms with E-state index in [0.717, 1.165) is 11.1 Å². The van der Waals surface area contributed by atoms with Gasteiger partial charge in [-0.1, -0.05) is 120 Å². The fourth-order valence-electron chi connectivity index (χ4n) is 16.4.